The minimum absolute atomic E-state index is 0.0851. The summed E-state index contributed by atoms with van der Waals surface area (Å²) in [5.74, 6) is -0.0851. The molecule has 102 valence electrons. The molecule has 2 aromatic rings. The largest absolute Gasteiger partial charge is 0.336 e. The van der Waals surface area contributed by atoms with Crippen LogP contribution in [0.25, 0.3) is 0 Å². The molecule has 0 aliphatic rings. The van der Waals surface area contributed by atoms with Gasteiger partial charge in [-0.1, -0.05) is 0 Å². The van der Waals surface area contributed by atoms with Crippen LogP contribution in [0.1, 0.15) is 16.1 Å². The van der Waals surface area contributed by atoms with Crippen molar-refractivity contribution in [3.05, 3.63) is 39.0 Å². The molecule has 0 saturated carbocycles. The maximum Gasteiger partial charge on any atom is 0.274 e. The molecule has 2 N–H and O–H groups in total. The molecule has 0 spiro atoms. The average molecular weight is 343 g/mol. The van der Waals surface area contributed by atoms with E-state index in [0.717, 1.165) is 9.35 Å². The predicted molar refractivity (Wildman–Crippen MR) is 79.1 cm³/mol. The van der Waals surface area contributed by atoms with Crippen LogP contribution in [0.2, 0.25) is 0 Å². The van der Waals surface area contributed by atoms with Crippen LogP contribution >= 0.6 is 27.3 Å². The molecule has 0 fully saturated rings. The molecule has 0 bridgehead atoms. The van der Waals surface area contributed by atoms with Crippen molar-refractivity contribution in [1.29, 1.82) is 0 Å². The number of carbonyl (C=O) groups is 1. The van der Waals surface area contributed by atoms with Gasteiger partial charge in [0.2, 0.25) is 0 Å². The number of aromatic nitrogens is 2. The molecular formula is C12H15BrN4OS. The lowest BCUT2D eigenvalue weighted by Gasteiger charge is -2.14. The Morgan fingerprint density at radius 2 is 2.42 bits per heavy atom. The van der Waals surface area contributed by atoms with Crippen molar-refractivity contribution >= 4 is 33.2 Å². The van der Waals surface area contributed by atoms with Crippen LogP contribution in [0.3, 0.4) is 0 Å². The molecule has 2 heterocycles. The molecule has 19 heavy (non-hydrogen) atoms. The summed E-state index contributed by atoms with van der Waals surface area (Å²) in [5.41, 5.74) is 7.02. The first-order chi connectivity index (χ1) is 9.10. The quantitative estimate of drug-likeness (QED) is 0.902. The Morgan fingerprint density at radius 1 is 1.63 bits per heavy atom. The van der Waals surface area contributed by atoms with E-state index in [1.807, 2.05) is 16.0 Å². The number of rotatable bonds is 5. The minimum Gasteiger partial charge on any atom is -0.336 e. The first kappa shape index (κ1) is 14.2. The Labute approximate surface area is 124 Å². The van der Waals surface area contributed by atoms with Crippen molar-refractivity contribution in [3.63, 3.8) is 0 Å². The van der Waals surface area contributed by atoms with Crippen LogP contribution in [0.15, 0.2) is 27.8 Å². The van der Waals surface area contributed by atoms with Gasteiger partial charge in [-0.2, -0.15) is 0 Å². The summed E-state index contributed by atoms with van der Waals surface area (Å²) in [6.07, 6.45) is 3.37. The Kier molecular flexibility index (Phi) is 4.73. The lowest BCUT2D eigenvalue weighted by atomic mass is 10.3. The van der Waals surface area contributed by atoms with Gasteiger partial charge in [0, 0.05) is 32.9 Å². The smallest absolute Gasteiger partial charge is 0.274 e. The molecule has 2 aromatic heterocycles. The predicted octanol–water partition coefficient (Wildman–Crippen LogP) is 1.94. The van der Waals surface area contributed by atoms with Crippen molar-refractivity contribution in [2.45, 2.75) is 13.1 Å². The minimum atomic E-state index is -0.0851. The van der Waals surface area contributed by atoms with Crippen LogP contribution in [0.4, 0.5) is 0 Å². The van der Waals surface area contributed by atoms with Crippen LogP contribution in [0.5, 0.6) is 0 Å². The van der Waals surface area contributed by atoms with Crippen molar-refractivity contribution < 1.29 is 4.79 Å². The summed E-state index contributed by atoms with van der Waals surface area (Å²) < 4.78 is 2.89. The normalized spacial score (nSPS) is 10.7. The average Bonchev–Trinajstić information content (AvgIpc) is 2.98. The molecule has 0 aliphatic heterocycles. The molecular weight excluding hydrogens is 328 g/mol. The lowest BCUT2D eigenvalue weighted by Crippen LogP contribution is -2.26. The fraction of sp³-hybridized carbons (Fsp3) is 0.333. The van der Waals surface area contributed by atoms with Crippen molar-refractivity contribution in [3.8, 4) is 0 Å². The third-order valence-corrected chi connectivity index (χ3v) is 4.18. The molecule has 5 nitrogen and oxygen atoms in total. The maximum atomic E-state index is 12.2. The van der Waals surface area contributed by atoms with E-state index in [1.165, 1.54) is 0 Å². The highest BCUT2D eigenvalue weighted by Gasteiger charge is 2.15. The van der Waals surface area contributed by atoms with Crippen molar-refractivity contribution in [2.24, 2.45) is 5.73 Å². The summed E-state index contributed by atoms with van der Waals surface area (Å²) in [6, 6.07) is 2.02. The van der Waals surface area contributed by atoms with Gasteiger partial charge < -0.3 is 15.2 Å². The number of hydrogen-bond donors (Lipinski definition) is 1. The molecule has 0 aromatic carbocycles. The fourth-order valence-electron chi connectivity index (χ4n) is 1.71. The fourth-order valence-corrected chi connectivity index (χ4v) is 2.91. The summed E-state index contributed by atoms with van der Waals surface area (Å²) in [5, 5.41) is 2.03. The van der Waals surface area contributed by atoms with Crippen molar-refractivity contribution in [1.82, 2.24) is 14.5 Å². The second-order valence-electron chi connectivity index (χ2n) is 4.21. The summed E-state index contributed by atoms with van der Waals surface area (Å²) in [7, 11) is 1.77. The first-order valence-corrected chi connectivity index (χ1v) is 7.47. The van der Waals surface area contributed by atoms with E-state index < -0.39 is 0 Å². The van der Waals surface area contributed by atoms with E-state index in [-0.39, 0.29) is 5.91 Å². The van der Waals surface area contributed by atoms with Gasteiger partial charge in [0.15, 0.2) is 0 Å². The van der Waals surface area contributed by atoms with E-state index in [4.69, 9.17) is 5.73 Å². The number of carbonyl (C=O) groups excluding carboxylic acids is 1. The number of imidazole rings is 1. The van der Waals surface area contributed by atoms with Gasteiger partial charge in [0.05, 0.1) is 10.1 Å². The SMILES string of the molecule is CN(Cc1csc(Br)c1)C(=O)c1cn(CCN)cn1. The number of hydrogen-bond acceptors (Lipinski definition) is 4. The van der Waals surface area contributed by atoms with Gasteiger partial charge in [-0.05, 0) is 32.9 Å². The van der Waals surface area contributed by atoms with Crippen molar-refractivity contribution in [2.75, 3.05) is 13.6 Å². The summed E-state index contributed by atoms with van der Waals surface area (Å²) in [6.45, 7) is 1.77. The molecule has 0 radical (unpaired) electrons. The van der Waals surface area contributed by atoms with E-state index in [0.29, 0.717) is 25.3 Å². The zero-order valence-electron chi connectivity index (χ0n) is 10.5. The Balaban J connectivity index is 2.01. The highest BCUT2D eigenvalue weighted by atomic mass is 79.9. The van der Waals surface area contributed by atoms with Gasteiger partial charge >= 0.3 is 0 Å². The van der Waals surface area contributed by atoms with Gasteiger partial charge in [-0.3, -0.25) is 4.79 Å². The molecule has 2 rings (SSSR count). The van der Waals surface area contributed by atoms with E-state index in [9.17, 15) is 4.79 Å². The number of nitrogens with two attached hydrogens (primary N) is 1. The maximum absolute atomic E-state index is 12.2. The zero-order valence-corrected chi connectivity index (χ0v) is 12.9. The molecule has 1 amide bonds. The van der Waals surface area contributed by atoms with E-state index in [2.05, 4.69) is 20.9 Å². The van der Waals surface area contributed by atoms with Gasteiger partial charge in [0.25, 0.3) is 5.91 Å². The second-order valence-corrected chi connectivity index (χ2v) is 6.50. The molecule has 0 unspecified atom stereocenters. The Hall–Kier alpha value is -1.18. The van der Waals surface area contributed by atoms with Crippen LogP contribution in [-0.4, -0.2) is 34.0 Å². The number of thiophene rings is 1. The topological polar surface area (TPSA) is 64.2 Å². The third kappa shape index (κ3) is 3.65. The Morgan fingerprint density at radius 3 is 3.05 bits per heavy atom. The standard InChI is InChI=1S/C12H15BrN4OS/c1-16(5-9-4-11(13)19-7-9)12(18)10-6-17(3-2-14)8-15-10/h4,6-8H,2-3,5,14H2,1H3. The molecule has 0 saturated heterocycles. The Bertz CT molecular complexity index is 566. The molecule has 0 atom stereocenters. The van der Waals surface area contributed by atoms with Crippen LogP contribution in [-0.2, 0) is 13.1 Å². The molecule has 0 aliphatic carbocycles. The summed E-state index contributed by atoms with van der Waals surface area (Å²) in [4.78, 5) is 18.0. The number of nitrogens with zero attached hydrogens (tertiary/aromatic N) is 3. The summed E-state index contributed by atoms with van der Waals surface area (Å²) >= 11 is 5.02. The molecule has 7 heteroatoms. The highest BCUT2D eigenvalue weighted by molar-refractivity contribution is 9.11. The van der Waals surface area contributed by atoms with Crippen LogP contribution in [0, 0.1) is 0 Å². The number of amides is 1. The lowest BCUT2D eigenvalue weighted by molar-refractivity contribution is 0.0780. The zero-order chi connectivity index (χ0) is 13.8. The second kappa shape index (κ2) is 6.31. The van der Waals surface area contributed by atoms with Gasteiger partial charge in [-0.15, -0.1) is 11.3 Å². The monoisotopic (exact) mass is 342 g/mol. The first-order valence-electron chi connectivity index (χ1n) is 5.80. The highest BCUT2D eigenvalue weighted by Crippen LogP contribution is 2.21. The third-order valence-electron chi connectivity index (χ3n) is 2.63. The van der Waals surface area contributed by atoms with Gasteiger partial charge in [0.1, 0.15) is 5.69 Å². The van der Waals surface area contributed by atoms with E-state index >= 15 is 0 Å². The van der Waals surface area contributed by atoms with E-state index in [1.54, 1.807) is 35.8 Å². The number of halogens is 1. The van der Waals surface area contributed by atoms with Crippen LogP contribution < -0.4 is 5.73 Å². The van der Waals surface area contributed by atoms with Gasteiger partial charge in [-0.25, -0.2) is 4.98 Å².